The van der Waals surface area contributed by atoms with Gasteiger partial charge < -0.3 is 10.0 Å². The Morgan fingerprint density at radius 2 is 1.84 bits per heavy atom. The monoisotopic (exact) mass is 261 g/mol. The van der Waals surface area contributed by atoms with Gasteiger partial charge in [-0.1, -0.05) is 26.0 Å². The summed E-state index contributed by atoms with van der Waals surface area (Å²) in [5.74, 6) is 0.975. The maximum Gasteiger partial charge on any atom is 0.253 e. The predicted molar refractivity (Wildman–Crippen MR) is 76.2 cm³/mol. The molecule has 0 bridgehead atoms. The Hall–Kier alpha value is -1.35. The van der Waals surface area contributed by atoms with E-state index in [-0.39, 0.29) is 12.5 Å². The van der Waals surface area contributed by atoms with Crippen LogP contribution in [0, 0.1) is 5.92 Å². The molecule has 1 aliphatic heterocycles. The molecule has 1 N–H and O–H groups in total. The molecule has 1 amide bonds. The maximum atomic E-state index is 12.3. The maximum absolute atomic E-state index is 12.3. The third-order valence-corrected chi connectivity index (χ3v) is 3.98. The Labute approximate surface area is 115 Å². The third kappa shape index (κ3) is 3.35. The first-order chi connectivity index (χ1) is 9.11. The third-order valence-electron chi connectivity index (χ3n) is 3.98. The highest BCUT2D eigenvalue weighted by Crippen LogP contribution is 2.20. The van der Waals surface area contributed by atoms with Crippen molar-refractivity contribution in [3.63, 3.8) is 0 Å². The summed E-state index contributed by atoms with van der Waals surface area (Å²) in [5.41, 5.74) is 2.03. The van der Waals surface area contributed by atoms with Crippen LogP contribution in [0.2, 0.25) is 0 Å². The second-order valence-corrected chi connectivity index (χ2v) is 5.69. The number of carbonyl (C=O) groups excluding carboxylic acids is 1. The molecule has 3 nitrogen and oxygen atoms in total. The summed E-state index contributed by atoms with van der Waals surface area (Å²) < 4.78 is 0. The van der Waals surface area contributed by atoms with E-state index in [1.165, 1.54) is 5.56 Å². The molecule has 0 spiro atoms. The quantitative estimate of drug-likeness (QED) is 0.908. The molecule has 1 aromatic rings. The molecule has 1 aromatic carbocycles. The summed E-state index contributed by atoms with van der Waals surface area (Å²) in [4.78, 5) is 14.2. The van der Waals surface area contributed by atoms with Crippen molar-refractivity contribution < 1.29 is 9.90 Å². The minimum atomic E-state index is 0.117. The van der Waals surface area contributed by atoms with Crippen LogP contribution in [0.4, 0.5) is 0 Å². The lowest BCUT2D eigenvalue weighted by atomic mass is 9.97. The van der Waals surface area contributed by atoms with Crippen molar-refractivity contribution in [3.05, 3.63) is 35.4 Å². The second-order valence-electron chi connectivity index (χ2n) is 5.69. The number of aliphatic hydroxyl groups is 1. The van der Waals surface area contributed by atoms with Crippen LogP contribution >= 0.6 is 0 Å². The normalized spacial score (nSPS) is 16.9. The van der Waals surface area contributed by atoms with Gasteiger partial charge in [0.25, 0.3) is 5.91 Å². The van der Waals surface area contributed by atoms with Crippen molar-refractivity contribution in [1.82, 2.24) is 4.90 Å². The van der Waals surface area contributed by atoms with Gasteiger partial charge in [-0.15, -0.1) is 0 Å². The number of rotatable bonds is 3. The molecule has 1 aliphatic rings. The summed E-state index contributed by atoms with van der Waals surface area (Å²) >= 11 is 0. The van der Waals surface area contributed by atoms with Crippen LogP contribution in [0.5, 0.6) is 0 Å². The van der Waals surface area contributed by atoms with Gasteiger partial charge in [0.15, 0.2) is 0 Å². The molecule has 0 aromatic heterocycles. The molecule has 0 aliphatic carbocycles. The average molecular weight is 261 g/mol. The van der Waals surface area contributed by atoms with E-state index in [4.69, 9.17) is 5.11 Å². The van der Waals surface area contributed by atoms with Crippen molar-refractivity contribution in [1.29, 1.82) is 0 Å². The number of hydrogen-bond donors (Lipinski definition) is 1. The topological polar surface area (TPSA) is 40.5 Å². The summed E-state index contributed by atoms with van der Waals surface area (Å²) in [6.45, 7) is 6.06. The number of likely N-dealkylation sites (tertiary alicyclic amines) is 1. The van der Waals surface area contributed by atoms with Crippen LogP contribution in [0.15, 0.2) is 24.3 Å². The number of aliphatic hydroxyl groups excluding tert-OH is 1. The van der Waals surface area contributed by atoms with Crippen molar-refractivity contribution in [3.8, 4) is 0 Å². The second kappa shape index (κ2) is 6.20. The first kappa shape index (κ1) is 14.1. The molecule has 0 saturated carbocycles. The molecule has 0 unspecified atom stereocenters. The van der Waals surface area contributed by atoms with Crippen LogP contribution in [-0.4, -0.2) is 35.6 Å². The van der Waals surface area contributed by atoms with E-state index in [2.05, 4.69) is 13.8 Å². The van der Waals surface area contributed by atoms with E-state index in [0.717, 1.165) is 31.5 Å². The van der Waals surface area contributed by atoms with Gasteiger partial charge in [-0.05, 0) is 42.4 Å². The first-order valence-electron chi connectivity index (χ1n) is 7.12. The molecular weight excluding hydrogens is 238 g/mol. The van der Waals surface area contributed by atoms with Gasteiger partial charge in [-0.3, -0.25) is 4.79 Å². The van der Waals surface area contributed by atoms with Gasteiger partial charge >= 0.3 is 0 Å². The van der Waals surface area contributed by atoms with Gasteiger partial charge in [0.2, 0.25) is 0 Å². The molecule has 104 valence electrons. The van der Waals surface area contributed by atoms with E-state index in [1.54, 1.807) is 0 Å². The summed E-state index contributed by atoms with van der Waals surface area (Å²) in [5, 5.41) is 9.11. The van der Waals surface area contributed by atoms with Gasteiger partial charge in [0.05, 0.1) is 0 Å². The summed E-state index contributed by atoms with van der Waals surface area (Å²) in [7, 11) is 0. The number of nitrogens with zero attached hydrogens (tertiary/aromatic N) is 1. The molecule has 1 fully saturated rings. The summed E-state index contributed by atoms with van der Waals surface area (Å²) in [6, 6.07) is 7.93. The fourth-order valence-electron chi connectivity index (χ4n) is 2.51. The minimum absolute atomic E-state index is 0.117. The molecule has 19 heavy (non-hydrogen) atoms. The van der Waals surface area contributed by atoms with E-state index in [1.807, 2.05) is 29.2 Å². The van der Waals surface area contributed by atoms with Crippen molar-refractivity contribution in [2.75, 3.05) is 19.7 Å². The smallest absolute Gasteiger partial charge is 0.253 e. The van der Waals surface area contributed by atoms with Crippen LogP contribution in [0.1, 0.15) is 48.5 Å². The number of benzene rings is 1. The zero-order valence-electron chi connectivity index (χ0n) is 11.8. The SMILES string of the molecule is CC(C)c1ccc(C(=O)N2CCC(CO)CC2)cc1. The van der Waals surface area contributed by atoms with Crippen LogP contribution in [0.3, 0.4) is 0 Å². The van der Waals surface area contributed by atoms with Crippen LogP contribution in [-0.2, 0) is 0 Å². The molecule has 1 saturated heterocycles. The highest BCUT2D eigenvalue weighted by molar-refractivity contribution is 5.94. The van der Waals surface area contributed by atoms with E-state index >= 15 is 0 Å². The fourth-order valence-corrected chi connectivity index (χ4v) is 2.51. The lowest BCUT2D eigenvalue weighted by Gasteiger charge is -2.31. The highest BCUT2D eigenvalue weighted by Gasteiger charge is 2.23. The lowest BCUT2D eigenvalue weighted by molar-refractivity contribution is 0.0651. The Bertz CT molecular complexity index is 417. The zero-order valence-corrected chi connectivity index (χ0v) is 11.8. The van der Waals surface area contributed by atoms with Crippen LogP contribution in [0.25, 0.3) is 0 Å². The standard InChI is InChI=1S/C16H23NO2/c1-12(2)14-3-5-15(6-4-14)16(19)17-9-7-13(11-18)8-10-17/h3-6,12-13,18H,7-11H2,1-2H3. The Morgan fingerprint density at radius 3 is 2.32 bits per heavy atom. The minimum Gasteiger partial charge on any atom is -0.396 e. The Kier molecular flexibility index (Phi) is 4.59. The number of hydrogen-bond acceptors (Lipinski definition) is 2. The number of carbonyl (C=O) groups is 1. The van der Waals surface area contributed by atoms with Gasteiger partial charge in [0.1, 0.15) is 0 Å². The molecule has 2 rings (SSSR count). The Balaban J connectivity index is 2.00. The van der Waals surface area contributed by atoms with Crippen molar-refractivity contribution >= 4 is 5.91 Å². The summed E-state index contributed by atoms with van der Waals surface area (Å²) in [6.07, 6.45) is 1.82. The molecule has 3 heteroatoms. The Morgan fingerprint density at radius 1 is 1.26 bits per heavy atom. The lowest BCUT2D eigenvalue weighted by Crippen LogP contribution is -2.39. The van der Waals surface area contributed by atoms with Gasteiger partial charge in [-0.25, -0.2) is 0 Å². The number of amides is 1. The highest BCUT2D eigenvalue weighted by atomic mass is 16.3. The van der Waals surface area contributed by atoms with E-state index < -0.39 is 0 Å². The van der Waals surface area contributed by atoms with Crippen molar-refractivity contribution in [2.45, 2.75) is 32.6 Å². The van der Waals surface area contributed by atoms with Gasteiger partial charge in [0, 0.05) is 25.3 Å². The fraction of sp³-hybridized carbons (Fsp3) is 0.562. The average Bonchev–Trinajstić information content (AvgIpc) is 2.46. The van der Waals surface area contributed by atoms with Gasteiger partial charge in [-0.2, -0.15) is 0 Å². The predicted octanol–water partition coefficient (Wildman–Crippen LogP) is 2.65. The van der Waals surface area contributed by atoms with Crippen molar-refractivity contribution in [2.24, 2.45) is 5.92 Å². The molecular formula is C16H23NO2. The van der Waals surface area contributed by atoms with E-state index in [0.29, 0.717) is 11.8 Å². The van der Waals surface area contributed by atoms with E-state index in [9.17, 15) is 4.79 Å². The molecule has 0 atom stereocenters. The molecule has 1 heterocycles. The number of piperidine rings is 1. The largest absolute Gasteiger partial charge is 0.396 e. The van der Waals surface area contributed by atoms with Crippen LogP contribution < -0.4 is 0 Å². The zero-order chi connectivity index (χ0) is 13.8. The molecule has 0 radical (unpaired) electrons. The first-order valence-corrected chi connectivity index (χ1v) is 7.12.